The number of amides is 1. The molecular formula is C12H17FN2O2. The topological polar surface area (TPSA) is 75.4 Å². The van der Waals surface area contributed by atoms with Gasteiger partial charge in [-0.2, -0.15) is 0 Å². The van der Waals surface area contributed by atoms with Crippen molar-refractivity contribution in [3.05, 3.63) is 29.6 Å². The molecule has 0 saturated carbocycles. The van der Waals surface area contributed by atoms with Gasteiger partial charge in [0.25, 0.3) is 0 Å². The van der Waals surface area contributed by atoms with Crippen LogP contribution in [0, 0.1) is 5.82 Å². The molecule has 0 saturated heterocycles. The third-order valence-electron chi connectivity index (χ3n) is 2.42. The quantitative estimate of drug-likeness (QED) is 0.725. The zero-order valence-electron chi connectivity index (χ0n) is 9.74. The van der Waals surface area contributed by atoms with Crippen LogP contribution in [-0.2, 0) is 11.3 Å². The second kappa shape index (κ2) is 6.20. The lowest BCUT2D eigenvalue weighted by molar-refractivity contribution is -0.122. The number of nitrogens with one attached hydrogen (secondary N) is 1. The first-order valence-electron chi connectivity index (χ1n) is 5.55. The van der Waals surface area contributed by atoms with E-state index in [-0.39, 0.29) is 12.5 Å². The molecule has 0 aromatic heterocycles. The maximum Gasteiger partial charge on any atom is 0.237 e. The fraction of sp³-hybridized carbons (Fsp3) is 0.417. The van der Waals surface area contributed by atoms with Crippen molar-refractivity contribution >= 4 is 5.91 Å². The summed E-state index contributed by atoms with van der Waals surface area (Å²) in [6.07, 6.45) is 1.46. The molecule has 17 heavy (non-hydrogen) atoms. The van der Waals surface area contributed by atoms with E-state index in [1.165, 1.54) is 12.1 Å². The molecule has 0 radical (unpaired) electrons. The van der Waals surface area contributed by atoms with E-state index in [0.717, 1.165) is 6.42 Å². The third kappa shape index (κ3) is 4.03. The van der Waals surface area contributed by atoms with Crippen LogP contribution in [0.3, 0.4) is 0 Å². The van der Waals surface area contributed by atoms with Gasteiger partial charge in [-0.15, -0.1) is 0 Å². The van der Waals surface area contributed by atoms with Crippen LogP contribution in [0.25, 0.3) is 0 Å². The van der Waals surface area contributed by atoms with E-state index in [4.69, 9.17) is 10.8 Å². The Bertz CT molecular complexity index is 396. The Labute approximate surface area is 99.6 Å². The lowest BCUT2D eigenvalue weighted by atomic mass is 10.1. The number of carbonyl (C=O) groups is 1. The average molecular weight is 240 g/mol. The molecule has 1 unspecified atom stereocenters. The van der Waals surface area contributed by atoms with Crippen LogP contribution in [-0.4, -0.2) is 17.1 Å². The van der Waals surface area contributed by atoms with Crippen LogP contribution in [0.4, 0.5) is 4.39 Å². The van der Waals surface area contributed by atoms with Gasteiger partial charge < -0.3 is 16.2 Å². The van der Waals surface area contributed by atoms with Crippen LogP contribution in [0.1, 0.15) is 25.3 Å². The molecule has 0 bridgehead atoms. The first kappa shape index (κ1) is 13.4. The van der Waals surface area contributed by atoms with E-state index in [1.54, 1.807) is 6.07 Å². The van der Waals surface area contributed by atoms with Gasteiger partial charge in [-0.05, 0) is 24.1 Å². The van der Waals surface area contributed by atoms with Gasteiger partial charge in [-0.25, -0.2) is 4.39 Å². The highest BCUT2D eigenvalue weighted by atomic mass is 19.1. The second-order valence-corrected chi connectivity index (χ2v) is 3.90. The number of nitrogens with two attached hydrogens (primary N) is 1. The highest BCUT2D eigenvalue weighted by Gasteiger charge is 2.11. The fourth-order valence-corrected chi connectivity index (χ4v) is 1.42. The highest BCUT2D eigenvalue weighted by molar-refractivity contribution is 5.81. The Balaban J connectivity index is 2.50. The van der Waals surface area contributed by atoms with Crippen molar-refractivity contribution in [1.29, 1.82) is 0 Å². The van der Waals surface area contributed by atoms with Crippen molar-refractivity contribution in [3.63, 3.8) is 0 Å². The molecule has 1 aromatic carbocycles. The minimum Gasteiger partial charge on any atom is -0.505 e. The molecule has 0 aliphatic heterocycles. The minimum absolute atomic E-state index is 0.202. The first-order valence-corrected chi connectivity index (χ1v) is 5.55. The first-order chi connectivity index (χ1) is 8.04. The van der Waals surface area contributed by atoms with Gasteiger partial charge in [-0.1, -0.05) is 19.4 Å². The van der Waals surface area contributed by atoms with Crippen LogP contribution in [0.5, 0.6) is 5.75 Å². The van der Waals surface area contributed by atoms with E-state index in [9.17, 15) is 9.18 Å². The number of aromatic hydroxyl groups is 1. The lowest BCUT2D eigenvalue weighted by Gasteiger charge is -2.11. The van der Waals surface area contributed by atoms with Crippen molar-refractivity contribution < 1.29 is 14.3 Å². The van der Waals surface area contributed by atoms with Crippen LogP contribution in [0.2, 0.25) is 0 Å². The lowest BCUT2D eigenvalue weighted by Crippen LogP contribution is -2.40. The number of phenols is 1. The molecule has 94 valence electrons. The van der Waals surface area contributed by atoms with E-state index in [0.29, 0.717) is 12.0 Å². The van der Waals surface area contributed by atoms with E-state index >= 15 is 0 Å². The summed E-state index contributed by atoms with van der Waals surface area (Å²) in [5.41, 5.74) is 6.20. The number of phenolic OH excluding ortho intramolecular Hbond substituents is 1. The number of benzene rings is 1. The van der Waals surface area contributed by atoms with Gasteiger partial charge in [0.15, 0.2) is 11.6 Å². The van der Waals surface area contributed by atoms with Gasteiger partial charge in [0.2, 0.25) is 5.91 Å². The Morgan fingerprint density at radius 2 is 2.29 bits per heavy atom. The zero-order valence-corrected chi connectivity index (χ0v) is 9.74. The van der Waals surface area contributed by atoms with Gasteiger partial charge >= 0.3 is 0 Å². The minimum atomic E-state index is -0.699. The number of hydrogen-bond donors (Lipinski definition) is 3. The van der Waals surface area contributed by atoms with Gasteiger partial charge in [-0.3, -0.25) is 4.79 Å². The highest BCUT2D eigenvalue weighted by Crippen LogP contribution is 2.15. The smallest absolute Gasteiger partial charge is 0.237 e. The third-order valence-corrected chi connectivity index (χ3v) is 2.42. The maximum absolute atomic E-state index is 13.0. The summed E-state index contributed by atoms with van der Waals surface area (Å²) in [7, 11) is 0. The van der Waals surface area contributed by atoms with E-state index in [2.05, 4.69) is 5.32 Å². The van der Waals surface area contributed by atoms with Crippen LogP contribution >= 0.6 is 0 Å². The molecule has 1 rings (SSSR count). The van der Waals surface area contributed by atoms with Crippen LogP contribution in [0.15, 0.2) is 18.2 Å². The normalized spacial score (nSPS) is 12.2. The molecule has 0 spiro atoms. The van der Waals surface area contributed by atoms with Crippen LogP contribution < -0.4 is 11.1 Å². The molecule has 1 atom stereocenters. The number of halogens is 1. The summed E-state index contributed by atoms with van der Waals surface area (Å²) < 4.78 is 13.0. The van der Waals surface area contributed by atoms with Crippen molar-refractivity contribution in [2.75, 3.05) is 0 Å². The number of carbonyl (C=O) groups excluding carboxylic acids is 1. The van der Waals surface area contributed by atoms with E-state index < -0.39 is 17.6 Å². The molecule has 1 aromatic rings. The summed E-state index contributed by atoms with van der Waals surface area (Å²) in [4.78, 5) is 11.5. The van der Waals surface area contributed by atoms with Crippen molar-refractivity contribution in [2.45, 2.75) is 32.4 Å². The molecular weight excluding hydrogens is 223 g/mol. The van der Waals surface area contributed by atoms with Gasteiger partial charge in [0.05, 0.1) is 6.04 Å². The molecule has 1 amide bonds. The SMILES string of the molecule is CCCC(N)C(=O)NCc1ccc(O)c(F)c1. The fourth-order valence-electron chi connectivity index (χ4n) is 1.42. The van der Waals surface area contributed by atoms with E-state index in [1.807, 2.05) is 6.92 Å². The summed E-state index contributed by atoms with van der Waals surface area (Å²) in [6, 6.07) is 3.45. The second-order valence-electron chi connectivity index (χ2n) is 3.90. The van der Waals surface area contributed by atoms with Crippen molar-refractivity contribution in [1.82, 2.24) is 5.32 Å². The molecule has 4 N–H and O–H groups in total. The number of hydrogen-bond acceptors (Lipinski definition) is 3. The van der Waals surface area contributed by atoms with Gasteiger partial charge in [0.1, 0.15) is 0 Å². The molecule has 5 heteroatoms. The molecule has 0 fully saturated rings. The van der Waals surface area contributed by atoms with Crippen molar-refractivity contribution in [3.8, 4) is 5.75 Å². The zero-order chi connectivity index (χ0) is 12.8. The molecule has 0 aliphatic rings. The summed E-state index contributed by atoms with van der Waals surface area (Å²) >= 11 is 0. The Morgan fingerprint density at radius 1 is 1.59 bits per heavy atom. The molecule has 0 heterocycles. The summed E-state index contributed by atoms with van der Waals surface area (Å²) in [5.74, 6) is -1.35. The predicted octanol–water partition coefficient (Wildman–Crippen LogP) is 1.27. The molecule has 4 nitrogen and oxygen atoms in total. The summed E-state index contributed by atoms with van der Waals surface area (Å²) in [6.45, 7) is 2.15. The maximum atomic E-state index is 13.0. The monoisotopic (exact) mass is 240 g/mol. The summed E-state index contributed by atoms with van der Waals surface area (Å²) in [5, 5.41) is 11.6. The molecule has 0 aliphatic carbocycles. The number of rotatable bonds is 5. The Morgan fingerprint density at radius 3 is 2.88 bits per heavy atom. The van der Waals surface area contributed by atoms with Gasteiger partial charge in [0, 0.05) is 6.54 Å². The van der Waals surface area contributed by atoms with Crippen molar-refractivity contribution in [2.24, 2.45) is 5.73 Å². The Kier molecular flexibility index (Phi) is 4.90. The Hall–Kier alpha value is -1.62. The largest absolute Gasteiger partial charge is 0.505 e. The predicted molar refractivity (Wildman–Crippen MR) is 62.8 cm³/mol. The average Bonchev–Trinajstić information content (AvgIpc) is 2.30. The standard InChI is InChI=1S/C12H17FN2O2/c1-2-3-10(14)12(17)15-7-8-4-5-11(16)9(13)6-8/h4-6,10,16H,2-3,7,14H2,1H3,(H,15,17).